The van der Waals surface area contributed by atoms with Crippen molar-refractivity contribution in [3.05, 3.63) is 46.6 Å². The molecular formula is C13H14ClN3. The highest BCUT2D eigenvalue weighted by Crippen LogP contribution is 2.27. The van der Waals surface area contributed by atoms with Crippen molar-refractivity contribution in [1.29, 1.82) is 0 Å². The van der Waals surface area contributed by atoms with Crippen LogP contribution in [0.4, 0.5) is 17.2 Å². The fourth-order valence-corrected chi connectivity index (χ4v) is 1.75. The van der Waals surface area contributed by atoms with E-state index in [4.69, 9.17) is 17.3 Å². The maximum absolute atomic E-state index is 6.11. The molecule has 1 aromatic carbocycles. The number of anilines is 3. The molecule has 4 heteroatoms. The zero-order valence-corrected chi connectivity index (χ0v) is 10.5. The van der Waals surface area contributed by atoms with Crippen LogP contribution in [0, 0.1) is 13.8 Å². The van der Waals surface area contributed by atoms with Gasteiger partial charge in [0, 0.05) is 0 Å². The molecule has 3 nitrogen and oxygen atoms in total. The molecule has 1 heterocycles. The predicted octanol–water partition coefficient (Wildman–Crippen LogP) is 3.68. The molecule has 17 heavy (non-hydrogen) atoms. The van der Waals surface area contributed by atoms with Gasteiger partial charge in [-0.05, 0) is 43.2 Å². The van der Waals surface area contributed by atoms with E-state index in [2.05, 4.69) is 10.3 Å². The van der Waals surface area contributed by atoms with Crippen molar-refractivity contribution in [3.63, 3.8) is 0 Å². The monoisotopic (exact) mass is 247 g/mol. The van der Waals surface area contributed by atoms with Crippen LogP contribution < -0.4 is 11.1 Å². The van der Waals surface area contributed by atoms with Gasteiger partial charge in [-0.15, -0.1) is 0 Å². The van der Waals surface area contributed by atoms with Crippen molar-refractivity contribution in [1.82, 2.24) is 4.98 Å². The van der Waals surface area contributed by atoms with Crippen LogP contribution in [0.3, 0.4) is 0 Å². The van der Waals surface area contributed by atoms with E-state index in [0.717, 1.165) is 22.6 Å². The van der Waals surface area contributed by atoms with Crippen LogP contribution in [0.2, 0.25) is 5.02 Å². The third-order valence-corrected chi connectivity index (χ3v) is 2.80. The predicted molar refractivity (Wildman–Crippen MR) is 72.9 cm³/mol. The highest BCUT2D eigenvalue weighted by molar-refractivity contribution is 6.33. The summed E-state index contributed by atoms with van der Waals surface area (Å²) in [4.78, 5) is 4.25. The number of nitrogens with two attached hydrogens (primary N) is 1. The van der Waals surface area contributed by atoms with Crippen molar-refractivity contribution >= 4 is 28.8 Å². The lowest BCUT2D eigenvalue weighted by atomic mass is 10.2. The summed E-state index contributed by atoms with van der Waals surface area (Å²) >= 11 is 6.11. The van der Waals surface area contributed by atoms with Gasteiger partial charge in [0.05, 0.1) is 22.6 Å². The number of benzene rings is 1. The number of nitrogens with one attached hydrogen (secondary N) is 1. The van der Waals surface area contributed by atoms with Crippen LogP contribution in [0.5, 0.6) is 0 Å². The highest BCUT2D eigenvalue weighted by Gasteiger charge is 2.04. The summed E-state index contributed by atoms with van der Waals surface area (Å²) in [6.07, 6.45) is 1.62. The number of halogens is 1. The number of nitrogen functional groups attached to an aromatic ring is 1. The highest BCUT2D eigenvalue weighted by atomic mass is 35.5. The maximum atomic E-state index is 6.11. The number of hydrogen-bond donors (Lipinski definition) is 2. The van der Waals surface area contributed by atoms with Crippen LogP contribution in [0.15, 0.2) is 30.5 Å². The molecule has 0 aliphatic rings. The number of aromatic nitrogens is 1. The fraction of sp³-hybridized carbons (Fsp3) is 0.154. The average Bonchev–Trinajstić information content (AvgIpc) is 2.27. The van der Waals surface area contributed by atoms with Gasteiger partial charge in [0.1, 0.15) is 5.82 Å². The molecule has 0 atom stereocenters. The first kappa shape index (κ1) is 11.7. The van der Waals surface area contributed by atoms with Crippen molar-refractivity contribution in [3.8, 4) is 0 Å². The van der Waals surface area contributed by atoms with E-state index in [9.17, 15) is 0 Å². The van der Waals surface area contributed by atoms with Gasteiger partial charge in [0.25, 0.3) is 0 Å². The van der Waals surface area contributed by atoms with Gasteiger partial charge in [-0.25, -0.2) is 4.98 Å². The van der Waals surface area contributed by atoms with Gasteiger partial charge in [-0.2, -0.15) is 0 Å². The average molecular weight is 248 g/mol. The van der Waals surface area contributed by atoms with Gasteiger partial charge in [0.2, 0.25) is 0 Å². The van der Waals surface area contributed by atoms with E-state index in [1.165, 1.54) is 0 Å². The largest absolute Gasteiger partial charge is 0.397 e. The van der Waals surface area contributed by atoms with Gasteiger partial charge in [-0.3, -0.25) is 0 Å². The second kappa shape index (κ2) is 4.63. The molecule has 2 rings (SSSR count). The minimum atomic E-state index is 0.656. The second-order valence-corrected chi connectivity index (χ2v) is 4.45. The Morgan fingerprint density at radius 3 is 2.71 bits per heavy atom. The summed E-state index contributed by atoms with van der Waals surface area (Å²) in [5.74, 6) is 0.770. The van der Waals surface area contributed by atoms with Gasteiger partial charge in [-0.1, -0.05) is 17.7 Å². The third kappa shape index (κ3) is 2.68. The number of rotatable bonds is 2. The Bertz CT molecular complexity index is 552. The fourth-order valence-electron chi connectivity index (χ4n) is 1.59. The SMILES string of the molecule is Cc1ccc(Cl)c(Nc2ncc(N)cc2C)c1. The van der Waals surface area contributed by atoms with E-state index in [1.807, 2.05) is 38.1 Å². The molecule has 88 valence electrons. The Morgan fingerprint density at radius 2 is 2.00 bits per heavy atom. The second-order valence-electron chi connectivity index (χ2n) is 4.04. The van der Waals surface area contributed by atoms with Crippen molar-refractivity contribution in [2.75, 3.05) is 11.1 Å². The first-order chi connectivity index (χ1) is 8.06. The summed E-state index contributed by atoms with van der Waals surface area (Å²) in [6.45, 7) is 3.97. The van der Waals surface area contributed by atoms with E-state index < -0.39 is 0 Å². The van der Waals surface area contributed by atoms with Crippen molar-refractivity contribution < 1.29 is 0 Å². The third-order valence-electron chi connectivity index (χ3n) is 2.47. The molecule has 2 aromatic rings. The molecule has 0 unspecified atom stereocenters. The van der Waals surface area contributed by atoms with E-state index >= 15 is 0 Å². The van der Waals surface area contributed by atoms with Crippen LogP contribution in [-0.4, -0.2) is 4.98 Å². The molecule has 0 aliphatic heterocycles. The minimum Gasteiger partial charge on any atom is -0.397 e. The minimum absolute atomic E-state index is 0.656. The Labute approximate surface area is 106 Å². The standard InChI is InChI=1S/C13H14ClN3/c1-8-3-4-11(14)12(5-8)17-13-9(2)6-10(15)7-16-13/h3-7H,15H2,1-2H3,(H,16,17). The smallest absolute Gasteiger partial charge is 0.133 e. The number of aryl methyl sites for hydroxylation is 2. The molecule has 0 spiro atoms. The summed E-state index contributed by atoms with van der Waals surface area (Å²) in [6, 6.07) is 7.70. The normalized spacial score (nSPS) is 10.3. The number of hydrogen-bond acceptors (Lipinski definition) is 3. The summed E-state index contributed by atoms with van der Waals surface area (Å²) in [5, 5.41) is 3.88. The van der Waals surface area contributed by atoms with E-state index in [0.29, 0.717) is 10.7 Å². The van der Waals surface area contributed by atoms with Gasteiger partial charge < -0.3 is 11.1 Å². The first-order valence-corrected chi connectivity index (χ1v) is 5.69. The number of pyridine rings is 1. The molecule has 1 aromatic heterocycles. The zero-order valence-electron chi connectivity index (χ0n) is 9.79. The Hall–Kier alpha value is -1.74. The lowest BCUT2D eigenvalue weighted by Gasteiger charge is -2.11. The van der Waals surface area contributed by atoms with Crippen LogP contribution in [0.25, 0.3) is 0 Å². The van der Waals surface area contributed by atoms with Crippen LogP contribution in [-0.2, 0) is 0 Å². The summed E-state index contributed by atoms with van der Waals surface area (Å²) in [7, 11) is 0. The Balaban J connectivity index is 2.34. The van der Waals surface area contributed by atoms with E-state index in [1.54, 1.807) is 6.20 Å². The van der Waals surface area contributed by atoms with E-state index in [-0.39, 0.29) is 0 Å². The van der Waals surface area contributed by atoms with Crippen LogP contribution >= 0.6 is 11.6 Å². The molecule has 0 bridgehead atoms. The maximum Gasteiger partial charge on any atom is 0.133 e. The molecule has 0 amide bonds. The molecule has 0 fully saturated rings. The summed E-state index contributed by atoms with van der Waals surface area (Å²) in [5.41, 5.74) is 9.30. The molecule has 0 aliphatic carbocycles. The number of nitrogens with zero attached hydrogens (tertiary/aromatic N) is 1. The zero-order chi connectivity index (χ0) is 12.4. The van der Waals surface area contributed by atoms with Crippen LogP contribution in [0.1, 0.15) is 11.1 Å². The molecule has 0 saturated carbocycles. The molecule has 0 radical (unpaired) electrons. The van der Waals surface area contributed by atoms with Gasteiger partial charge >= 0.3 is 0 Å². The molecule has 0 saturated heterocycles. The first-order valence-electron chi connectivity index (χ1n) is 5.31. The lowest BCUT2D eigenvalue weighted by molar-refractivity contribution is 1.26. The van der Waals surface area contributed by atoms with Crippen molar-refractivity contribution in [2.45, 2.75) is 13.8 Å². The summed E-state index contributed by atoms with van der Waals surface area (Å²) < 4.78 is 0. The lowest BCUT2D eigenvalue weighted by Crippen LogP contribution is -1.98. The molecule has 3 N–H and O–H groups in total. The topological polar surface area (TPSA) is 50.9 Å². The quantitative estimate of drug-likeness (QED) is 0.851. The van der Waals surface area contributed by atoms with Gasteiger partial charge in [0.15, 0.2) is 0 Å². The van der Waals surface area contributed by atoms with Crippen molar-refractivity contribution in [2.24, 2.45) is 0 Å². The Kier molecular flexibility index (Phi) is 3.20. The molecular weight excluding hydrogens is 234 g/mol. The Morgan fingerprint density at radius 1 is 1.24 bits per heavy atom.